The number of pyridine rings is 1. The molecular weight excluding hydrogens is 244 g/mol. The van der Waals surface area contributed by atoms with Gasteiger partial charge in [-0.15, -0.1) is 0 Å². The summed E-state index contributed by atoms with van der Waals surface area (Å²) < 4.78 is 0. The molecular formula is C18H20N2. The van der Waals surface area contributed by atoms with E-state index in [9.17, 15) is 0 Å². The number of hydrogen-bond acceptors (Lipinski definition) is 2. The van der Waals surface area contributed by atoms with Crippen LogP contribution in [0, 0.1) is 6.92 Å². The van der Waals surface area contributed by atoms with Gasteiger partial charge in [-0.2, -0.15) is 0 Å². The third-order valence-corrected chi connectivity index (χ3v) is 3.88. The van der Waals surface area contributed by atoms with Gasteiger partial charge in [-0.25, -0.2) is 0 Å². The van der Waals surface area contributed by atoms with Crippen molar-refractivity contribution in [3.8, 4) is 0 Å². The van der Waals surface area contributed by atoms with Gasteiger partial charge in [0.15, 0.2) is 0 Å². The van der Waals surface area contributed by atoms with Crippen LogP contribution in [0.15, 0.2) is 42.6 Å². The highest BCUT2D eigenvalue weighted by molar-refractivity contribution is 5.82. The highest BCUT2D eigenvalue weighted by atomic mass is 14.7. The van der Waals surface area contributed by atoms with Crippen LogP contribution in [0.3, 0.4) is 0 Å². The van der Waals surface area contributed by atoms with Crippen LogP contribution in [0.25, 0.3) is 5.57 Å². The highest BCUT2D eigenvalue weighted by Gasteiger charge is 2.18. The molecule has 0 spiro atoms. The quantitative estimate of drug-likeness (QED) is 0.904. The number of fused-ring (bicyclic) bond motifs is 2. The third kappa shape index (κ3) is 2.39. The van der Waals surface area contributed by atoms with Gasteiger partial charge in [-0.05, 0) is 55.5 Å². The minimum absolute atomic E-state index is 0.673. The van der Waals surface area contributed by atoms with Crippen LogP contribution >= 0.6 is 0 Å². The summed E-state index contributed by atoms with van der Waals surface area (Å²) in [4.78, 5) is 4.63. The van der Waals surface area contributed by atoms with Crippen LogP contribution in [0.2, 0.25) is 0 Å². The predicted molar refractivity (Wildman–Crippen MR) is 83.6 cm³/mol. The fraction of sp³-hybridized carbons (Fsp3) is 0.278. The van der Waals surface area contributed by atoms with E-state index in [1.807, 2.05) is 12.3 Å². The molecule has 1 aliphatic carbocycles. The molecule has 0 radical (unpaired) electrons. The van der Waals surface area contributed by atoms with Gasteiger partial charge in [0, 0.05) is 11.8 Å². The molecule has 1 aromatic carbocycles. The molecule has 2 aromatic rings. The fourth-order valence-corrected chi connectivity index (χ4v) is 2.91. The summed E-state index contributed by atoms with van der Waals surface area (Å²) in [6.07, 6.45) is 7.15. The molecule has 1 aliphatic rings. The lowest BCUT2D eigenvalue weighted by Crippen LogP contribution is -1.99. The largest absolute Gasteiger partial charge is 0.330 e. The van der Waals surface area contributed by atoms with E-state index in [4.69, 9.17) is 5.73 Å². The van der Waals surface area contributed by atoms with Crippen LogP contribution in [0.1, 0.15) is 34.4 Å². The Morgan fingerprint density at radius 2 is 2.05 bits per heavy atom. The SMILES string of the molecule is Cc1ccc2c(c1)CCc1cccnc1/C2=C\CCN. The fourth-order valence-electron chi connectivity index (χ4n) is 2.91. The molecule has 2 N–H and O–H groups in total. The zero-order valence-corrected chi connectivity index (χ0v) is 11.9. The molecule has 20 heavy (non-hydrogen) atoms. The Morgan fingerprint density at radius 3 is 2.90 bits per heavy atom. The smallest absolute Gasteiger partial charge is 0.0736 e. The third-order valence-electron chi connectivity index (χ3n) is 3.88. The zero-order valence-electron chi connectivity index (χ0n) is 11.9. The van der Waals surface area contributed by atoms with Crippen LogP contribution in [0.4, 0.5) is 0 Å². The topological polar surface area (TPSA) is 38.9 Å². The van der Waals surface area contributed by atoms with Gasteiger partial charge in [-0.1, -0.05) is 35.9 Å². The van der Waals surface area contributed by atoms with Gasteiger partial charge in [0.25, 0.3) is 0 Å². The van der Waals surface area contributed by atoms with Crippen molar-refractivity contribution in [3.05, 3.63) is 70.6 Å². The Balaban J connectivity index is 2.19. The maximum absolute atomic E-state index is 5.68. The molecule has 1 heterocycles. The van der Waals surface area contributed by atoms with Crippen molar-refractivity contribution in [1.82, 2.24) is 4.98 Å². The molecule has 0 aliphatic heterocycles. The molecule has 0 amide bonds. The minimum atomic E-state index is 0.673. The Kier molecular flexibility index (Phi) is 3.66. The molecule has 2 nitrogen and oxygen atoms in total. The Labute approximate surface area is 120 Å². The van der Waals surface area contributed by atoms with Crippen LogP contribution in [-0.2, 0) is 12.8 Å². The predicted octanol–water partition coefficient (Wildman–Crippen LogP) is 3.27. The van der Waals surface area contributed by atoms with Crippen molar-refractivity contribution in [2.45, 2.75) is 26.2 Å². The van der Waals surface area contributed by atoms with E-state index in [2.05, 4.69) is 42.2 Å². The minimum Gasteiger partial charge on any atom is -0.330 e. The molecule has 2 heteroatoms. The van der Waals surface area contributed by atoms with Crippen LogP contribution in [-0.4, -0.2) is 11.5 Å². The van der Waals surface area contributed by atoms with E-state index >= 15 is 0 Å². The number of aryl methyl sites for hydroxylation is 3. The molecule has 102 valence electrons. The van der Waals surface area contributed by atoms with Crippen molar-refractivity contribution in [1.29, 1.82) is 0 Å². The lowest BCUT2D eigenvalue weighted by Gasteiger charge is -2.11. The molecule has 0 saturated heterocycles. The van der Waals surface area contributed by atoms with Gasteiger partial charge < -0.3 is 5.73 Å². The summed E-state index contributed by atoms with van der Waals surface area (Å²) in [5.41, 5.74) is 13.5. The number of hydrogen-bond donors (Lipinski definition) is 1. The Morgan fingerprint density at radius 1 is 1.20 bits per heavy atom. The monoisotopic (exact) mass is 264 g/mol. The second kappa shape index (κ2) is 5.59. The summed E-state index contributed by atoms with van der Waals surface area (Å²) in [6, 6.07) is 10.9. The molecule has 0 fully saturated rings. The van der Waals surface area contributed by atoms with Crippen molar-refractivity contribution < 1.29 is 0 Å². The Hall–Kier alpha value is -1.93. The standard InChI is InChI=1S/C18H20N2/c1-13-6-9-16-15(12-13)8-7-14-4-3-11-20-18(14)17(16)5-2-10-19/h3-6,9,11-12H,2,7-8,10,19H2,1H3/b17-5-. The molecule has 1 aromatic heterocycles. The van der Waals surface area contributed by atoms with Gasteiger partial charge in [0.05, 0.1) is 5.69 Å². The summed E-state index contributed by atoms with van der Waals surface area (Å²) in [6.45, 7) is 2.83. The second-order valence-electron chi connectivity index (χ2n) is 5.37. The normalized spacial score (nSPS) is 15.6. The first kappa shape index (κ1) is 13.1. The van der Waals surface area contributed by atoms with E-state index in [-0.39, 0.29) is 0 Å². The van der Waals surface area contributed by atoms with Gasteiger partial charge in [0.1, 0.15) is 0 Å². The zero-order chi connectivity index (χ0) is 13.9. The average Bonchev–Trinajstić information content (AvgIpc) is 2.62. The summed E-state index contributed by atoms with van der Waals surface area (Å²) in [7, 11) is 0. The van der Waals surface area contributed by atoms with Crippen molar-refractivity contribution in [2.24, 2.45) is 5.73 Å². The maximum Gasteiger partial charge on any atom is 0.0736 e. The second-order valence-corrected chi connectivity index (χ2v) is 5.37. The van der Waals surface area contributed by atoms with Crippen LogP contribution in [0.5, 0.6) is 0 Å². The summed E-state index contributed by atoms with van der Waals surface area (Å²) in [5, 5.41) is 0. The molecule has 0 saturated carbocycles. The number of nitrogens with two attached hydrogens (primary N) is 1. The van der Waals surface area contributed by atoms with E-state index < -0.39 is 0 Å². The molecule has 3 rings (SSSR count). The number of nitrogens with zero attached hydrogens (tertiary/aromatic N) is 1. The van der Waals surface area contributed by atoms with Crippen LogP contribution < -0.4 is 5.73 Å². The van der Waals surface area contributed by atoms with Gasteiger partial charge in [-0.3, -0.25) is 4.98 Å². The molecule has 0 unspecified atom stereocenters. The summed E-state index contributed by atoms with van der Waals surface area (Å²) in [5.74, 6) is 0. The molecule has 0 bridgehead atoms. The first-order valence-corrected chi connectivity index (χ1v) is 7.24. The van der Waals surface area contributed by atoms with E-state index in [0.717, 1.165) is 25.0 Å². The molecule has 0 atom stereocenters. The lowest BCUT2D eigenvalue weighted by molar-refractivity contribution is 0.953. The van der Waals surface area contributed by atoms with Crippen molar-refractivity contribution in [3.63, 3.8) is 0 Å². The van der Waals surface area contributed by atoms with E-state index in [0.29, 0.717) is 6.54 Å². The van der Waals surface area contributed by atoms with Gasteiger partial charge in [0.2, 0.25) is 0 Å². The highest BCUT2D eigenvalue weighted by Crippen LogP contribution is 2.32. The van der Waals surface area contributed by atoms with E-state index in [1.165, 1.54) is 27.8 Å². The average molecular weight is 264 g/mol. The van der Waals surface area contributed by atoms with Crippen molar-refractivity contribution in [2.75, 3.05) is 6.54 Å². The van der Waals surface area contributed by atoms with Gasteiger partial charge >= 0.3 is 0 Å². The lowest BCUT2D eigenvalue weighted by atomic mass is 9.95. The number of aromatic nitrogens is 1. The van der Waals surface area contributed by atoms with E-state index in [1.54, 1.807) is 0 Å². The first-order chi connectivity index (χ1) is 9.79. The summed E-state index contributed by atoms with van der Waals surface area (Å²) >= 11 is 0. The first-order valence-electron chi connectivity index (χ1n) is 7.24. The number of rotatable bonds is 2. The Bertz CT molecular complexity index is 656. The number of benzene rings is 1. The maximum atomic E-state index is 5.68. The van der Waals surface area contributed by atoms with Crippen molar-refractivity contribution >= 4 is 5.57 Å².